The molecule has 2 spiro atoms. The van der Waals surface area contributed by atoms with Gasteiger partial charge in [-0.2, -0.15) is 0 Å². The number of benzene rings is 1. The Hall–Kier alpha value is -2.44. The van der Waals surface area contributed by atoms with Crippen molar-refractivity contribution in [3.8, 4) is 5.69 Å². The first-order chi connectivity index (χ1) is 15.8. The van der Waals surface area contributed by atoms with Gasteiger partial charge in [-0.15, -0.1) is 0 Å². The van der Waals surface area contributed by atoms with Crippen LogP contribution in [-0.2, 0) is 30.8 Å². The molecular weight excluding hydrogens is 416 g/mol. The summed E-state index contributed by atoms with van der Waals surface area (Å²) in [7, 11) is 1.39. The molecule has 3 fully saturated rings. The third-order valence-electron chi connectivity index (χ3n) is 9.38. The summed E-state index contributed by atoms with van der Waals surface area (Å²) in [6, 6.07) is 8.25. The molecule has 2 saturated carbocycles. The molecule has 1 aliphatic heterocycles. The lowest BCUT2D eigenvalue weighted by molar-refractivity contribution is -0.239. The molecule has 33 heavy (non-hydrogen) atoms. The molecule has 0 N–H and O–H groups in total. The molecule has 2 heterocycles. The maximum Gasteiger partial charge on any atom is 0.330 e. The van der Waals surface area contributed by atoms with Crippen LogP contribution in [0.3, 0.4) is 0 Å². The Morgan fingerprint density at radius 2 is 1.97 bits per heavy atom. The van der Waals surface area contributed by atoms with Gasteiger partial charge in [0.15, 0.2) is 5.79 Å². The highest BCUT2D eigenvalue weighted by Gasteiger charge is 2.83. The fraction of sp³-hybridized carbons (Fsp3) is 0.556. The minimum Gasteiger partial charge on any atom is -0.466 e. The van der Waals surface area contributed by atoms with Gasteiger partial charge in [0.1, 0.15) is 5.82 Å². The average Bonchev–Trinajstić information content (AvgIpc) is 3.12. The SMILES string of the molecule is COC(=O)/C=C/c1cccc(-n2c(C)nc3c2CC[C@@]24CC2(C)C2(CC[C@]34C)OCCO2)c1. The monoisotopic (exact) mass is 448 g/mol. The van der Waals surface area contributed by atoms with Gasteiger partial charge in [0.05, 0.1) is 26.0 Å². The molecule has 2 aromatic rings. The molecule has 174 valence electrons. The molecule has 3 aliphatic carbocycles. The first-order valence-electron chi connectivity index (χ1n) is 12.0. The van der Waals surface area contributed by atoms with E-state index in [0.717, 1.165) is 49.2 Å². The van der Waals surface area contributed by atoms with Crippen molar-refractivity contribution in [1.82, 2.24) is 9.55 Å². The molecule has 4 aliphatic rings. The Bertz CT molecular complexity index is 1180. The molecule has 1 unspecified atom stereocenters. The average molecular weight is 449 g/mol. The summed E-state index contributed by atoms with van der Waals surface area (Å²) >= 11 is 0. The summed E-state index contributed by atoms with van der Waals surface area (Å²) < 4.78 is 19.6. The number of ether oxygens (including phenoxy) is 3. The quantitative estimate of drug-likeness (QED) is 0.511. The number of nitrogens with zero attached hydrogens (tertiary/aromatic N) is 2. The van der Waals surface area contributed by atoms with Crippen LogP contribution in [0.25, 0.3) is 11.8 Å². The van der Waals surface area contributed by atoms with E-state index in [-0.39, 0.29) is 22.2 Å². The van der Waals surface area contributed by atoms with Crippen molar-refractivity contribution in [2.24, 2.45) is 10.8 Å². The van der Waals surface area contributed by atoms with Crippen molar-refractivity contribution < 1.29 is 19.0 Å². The zero-order valence-corrected chi connectivity index (χ0v) is 19.9. The summed E-state index contributed by atoms with van der Waals surface area (Å²) in [5.41, 5.74) is 4.90. The van der Waals surface area contributed by atoms with Gasteiger partial charge in [-0.1, -0.05) is 26.0 Å². The van der Waals surface area contributed by atoms with E-state index in [1.54, 1.807) is 6.08 Å². The maximum atomic E-state index is 11.5. The normalized spacial score (nSPS) is 33.6. The maximum absolute atomic E-state index is 11.5. The van der Waals surface area contributed by atoms with Gasteiger partial charge < -0.3 is 18.8 Å². The fourth-order valence-corrected chi connectivity index (χ4v) is 7.62. The molecule has 1 saturated heterocycles. The number of hydrogen-bond donors (Lipinski definition) is 0. The topological polar surface area (TPSA) is 62.6 Å². The smallest absolute Gasteiger partial charge is 0.330 e. The second kappa shape index (κ2) is 6.80. The lowest BCUT2D eigenvalue weighted by atomic mass is 9.55. The number of carbonyl (C=O) groups excluding carboxylic acids is 1. The number of imidazole rings is 1. The number of fused-ring (bicyclic) bond motifs is 3. The minimum atomic E-state index is -0.401. The molecule has 0 radical (unpaired) electrons. The van der Waals surface area contributed by atoms with E-state index in [1.807, 2.05) is 12.1 Å². The highest BCUT2D eigenvalue weighted by Crippen LogP contribution is 2.84. The van der Waals surface area contributed by atoms with Gasteiger partial charge in [0.2, 0.25) is 0 Å². The first kappa shape index (κ1) is 21.1. The summed E-state index contributed by atoms with van der Waals surface area (Å²) in [5.74, 6) is 0.262. The number of rotatable bonds is 3. The number of carbonyl (C=O) groups is 1. The second-order valence-corrected chi connectivity index (χ2v) is 10.6. The lowest BCUT2D eigenvalue weighted by Gasteiger charge is -2.53. The fourth-order valence-electron chi connectivity index (χ4n) is 7.62. The number of aromatic nitrogens is 2. The van der Waals surface area contributed by atoms with Crippen LogP contribution in [0.5, 0.6) is 0 Å². The summed E-state index contributed by atoms with van der Waals surface area (Å²) in [6.45, 7) is 8.35. The van der Waals surface area contributed by atoms with Crippen molar-refractivity contribution in [2.75, 3.05) is 20.3 Å². The van der Waals surface area contributed by atoms with E-state index in [2.05, 4.69) is 37.5 Å². The molecule has 3 atom stereocenters. The Morgan fingerprint density at radius 3 is 2.73 bits per heavy atom. The summed E-state index contributed by atoms with van der Waals surface area (Å²) in [4.78, 5) is 16.7. The number of methoxy groups -OCH3 is 1. The largest absolute Gasteiger partial charge is 0.466 e. The van der Waals surface area contributed by atoms with E-state index in [0.29, 0.717) is 13.2 Å². The van der Waals surface area contributed by atoms with Gasteiger partial charge in [-0.25, -0.2) is 9.78 Å². The van der Waals surface area contributed by atoms with Gasteiger partial charge >= 0.3 is 5.97 Å². The Labute approximate surface area is 194 Å². The van der Waals surface area contributed by atoms with Crippen LogP contribution in [0.1, 0.15) is 62.3 Å². The van der Waals surface area contributed by atoms with Crippen molar-refractivity contribution in [3.05, 3.63) is 53.1 Å². The van der Waals surface area contributed by atoms with Gasteiger partial charge in [0, 0.05) is 34.7 Å². The molecule has 6 nitrogen and oxygen atoms in total. The Kier molecular flexibility index (Phi) is 4.35. The van der Waals surface area contributed by atoms with Crippen LogP contribution in [0.2, 0.25) is 0 Å². The predicted octanol–water partition coefficient (Wildman–Crippen LogP) is 4.50. The number of esters is 1. The van der Waals surface area contributed by atoms with Crippen LogP contribution in [0.4, 0.5) is 0 Å². The molecule has 0 amide bonds. The zero-order valence-electron chi connectivity index (χ0n) is 19.9. The van der Waals surface area contributed by atoms with Crippen LogP contribution in [0.15, 0.2) is 30.3 Å². The van der Waals surface area contributed by atoms with E-state index >= 15 is 0 Å². The molecule has 6 heteroatoms. The zero-order chi connectivity index (χ0) is 23.1. The number of hydrogen-bond acceptors (Lipinski definition) is 5. The van der Waals surface area contributed by atoms with E-state index in [4.69, 9.17) is 19.2 Å². The molecule has 1 aromatic heterocycles. The third-order valence-corrected chi connectivity index (χ3v) is 9.38. The van der Waals surface area contributed by atoms with Crippen LogP contribution in [-0.4, -0.2) is 41.6 Å². The highest BCUT2D eigenvalue weighted by molar-refractivity contribution is 5.87. The van der Waals surface area contributed by atoms with Crippen LogP contribution in [0, 0.1) is 17.8 Å². The third kappa shape index (κ3) is 2.56. The van der Waals surface area contributed by atoms with E-state index in [1.165, 1.54) is 24.6 Å². The van der Waals surface area contributed by atoms with Crippen LogP contribution >= 0.6 is 0 Å². The highest BCUT2D eigenvalue weighted by atomic mass is 16.7. The van der Waals surface area contributed by atoms with Crippen molar-refractivity contribution in [2.45, 2.75) is 64.1 Å². The standard InChI is InChI=1S/C27H32N2O4/c1-18-28-23-21(29(18)20-7-5-6-19(16-20)8-9-22(30)31-4)10-11-26-17-25(26,3)27(32-14-15-33-27)13-12-24(23,26)2/h5-9,16H,10-15,17H2,1-4H3/b9-8+/t24-,25?,26+/m1/s1. The minimum absolute atomic E-state index is 0.0221. The van der Waals surface area contributed by atoms with E-state index in [9.17, 15) is 4.79 Å². The van der Waals surface area contributed by atoms with Crippen molar-refractivity contribution >= 4 is 12.0 Å². The van der Waals surface area contributed by atoms with Crippen LogP contribution < -0.4 is 0 Å². The molecular formula is C27H32N2O4. The summed E-state index contributed by atoms with van der Waals surface area (Å²) in [5, 5.41) is 0. The predicted molar refractivity (Wildman–Crippen MR) is 124 cm³/mol. The van der Waals surface area contributed by atoms with Crippen molar-refractivity contribution in [3.63, 3.8) is 0 Å². The summed E-state index contributed by atoms with van der Waals surface area (Å²) in [6.07, 6.45) is 8.50. The Morgan fingerprint density at radius 1 is 1.18 bits per heavy atom. The van der Waals surface area contributed by atoms with Gasteiger partial charge in [-0.05, 0) is 61.8 Å². The second-order valence-electron chi connectivity index (χ2n) is 10.6. The van der Waals surface area contributed by atoms with Gasteiger partial charge in [0.25, 0.3) is 0 Å². The lowest BCUT2D eigenvalue weighted by Crippen LogP contribution is -2.55. The van der Waals surface area contributed by atoms with E-state index < -0.39 is 5.79 Å². The molecule has 6 rings (SSSR count). The molecule has 1 aromatic carbocycles. The Balaban J connectivity index is 1.40. The first-order valence-corrected chi connectivity index (χ1v) is 12.0. The van der Waals surface area contributed by atoms with Crippen molar-refractivity contribution in [1.29, 1.82) is 0 Å². The van der Waals surface area contributed by atoms with Gasteiger partial charge in [-0.3, -0.25) is 0 Å². The molecule has 0 bridgehead atoms. The number of aryl methyl sites for hydroxylation is 1.